The van der Waals surface area contributed by atoms with Gasteiger partial charge in [-0.25, -0.2) is 14.8 Å². The topological polar surface area (TPSA) is 72.3 Å². The van der Waals surface area contributed by atoms with E-state index >= 15 is 0 Å². The number of aryl methyl sites for hydroxylation is 2. The summed E-state index contributed by atoms with van der Waals surface area (Å²) in [6.45, 7) is 3.65. The number of hydrogen-bond acceptors (Lipinski definition) is 4. The van der Waals surface area contributed by atoms with E-state index in [9.17, 15) is 4.79 Å². The predicted molar refractivity (Wildman–Crippen MR) is 77.7 cm³/mol. The number of ether oxygens (including phenoxy) is 1. The summed E-state index contributed by atoms with van der Waals surface area (Å²) >= 11 is 2.05. The lowest BCUT2D eigenvalue weighted by atomic mass is 10.2. The summed E-state index contributed by atoms with van der Waals surface area (Å²) in [6, 6.07) is 6.89. The molecule has 0 fully saturated rings. The fourth-order valence-electron chi connectivity index (χ4n) is 1.60. The van der Waals surface area contributed by atoms with E-state index in [-0.39, 0.29) is 17.3 Å². The van der Waals surface area contributed by atoms with E-state index in [1.165, 1.54) is 0 Å². The van der Waals surface area contributed by atoms with E-state index in [4.69, 9.17) is 9.84 Å². The van der Waals surface area contributed by atoms with E-state index in [0.29, 0.717) is 0 Å². The number of aromatic carboxylic acids is 1. The van der Waals surface area contributed by atoms with E-state index in [0.717, 1.165) is 15.0 Å². The Morgan fingerprint density at radius 1 is 1.21 bits per heavy atom. The molecule has 1 aromatic carbocycles. The summed E-state index contributed by atoms with van der Waals surface area (Å²) in [5.74, 6) is -0.809. The van der Waals surface area contributed by atoms with E-state index in [2.05, 4.69) is 9.97 Å². The number of carbonyl (C=O) groups is 1. The van der Waals surface area contributed by atoms with Crippen molar-refractivity contribution < 1.29 is 14.6 Å². The van der Waals surface area contributed by atoms with Gasteiger partial charge in [-0.2, -0.15) is 0 Å². The molecule has 0 aliphatic rings. The van der Waals surface area contributed by atoms with Crippen LogP contribution in [0.2, 0.25) is 0 Å². The molecule has 2 aromatic rings. The van der Waals surface area contributed by atoms with Crippen LogP contribution in [0.15, 0.2) is 24.3 Å². The van der Waals surface area contributed by atoms with Gasteiger partial charge >= 0.3 is 12.0 Å². The third kappa shape index (κ3) is 3.40. The first kappa shape index (κ1) is 13.7. The Morgan fingerprint density at radius 2 is 1.84 bits per heavy atom. The first-order valence-corrected chi connectivity index (χ1v) is 6.56. The molecule has 1 aromatic heterocycles. The molecule has 0 aliphatic carbocycles. The molecule has 0 aliphatic heterocycles. The Hall–Kier alpha value is -1.70. The SMILES string of the molecule is Cc1cc(C)nc(Oc2ccc(I)cc2C(=O)O)n1. The van der Waals surface area contributed by atoms with Gasteiger partial charge in [0.25, 0.3) is 0 Å². The second-order valence-corrected chi connectivity index (χ2v) is 5.23. The standard InChI is InChI=1S/C13H11IN2O3/c1-7-5-8(2)16-13(15-7)19-11-4-3-9(14)6-10(11)12(17)18/h3-6H,1-2H3,(H,17,18). The molecule has 98 valence electrons. The maximum absolute atomic E-state index is 11.2. The zero-order valence-electron chi connectivity index (χ0n) is 10.3. The fourth-order valence-corrected chi connectivity index (χ4v) is 2.09. The molecule has 0 radical (unpaired) electrons. The summed E-state index contributed by atoms with van der Waals surface area (Å²) < 4.78 is 6.30. The highest BCUT2D eigenvalue weighted by Gasteiger charge is 2.14. The average Bonchev–Trinajstić information content (AvgIpc) is 2.30. The maximum Gasteiger partial charge on any atom is 0.339 e. The second kappa shape index (κ2) is 5.52. The van der Waals surface area contributed by atoms with Crippen LogP contribution in [0.4, 0.5) is 0 Å². The van der Waals surface area contributed by atoms with Crippen molar-refractivity contribution in [1.82, 2.24) is 9.97 Å². The van der Waals surface area contributed by atoms with Crippen LogP contribution < -0.4 is 4.74 Å². The molecule has 6 heteroatoms. The van der Waals surface area contributed by atoms with Crippen LogP contribution in [0.25, 0.3) is 0 Å². The zero-order chi connectivity index (χ0) is 14.0. The van der Waals surface area contributed by atoms with Gasteiger partial charge in [0.1, 0.15) is 11.3 Å². The van der Waals surface area contributed by atoms with Crippen molar-refractivity contribution in [3.05, 3.63) is 44.8 Å². The van der Waals surface area contributed by atoms with Crippen molar-refractivity contribution in [2.75, 3.05) is 0 Å². The maximum atomic E-state index is 11.2. The van der Waals surface area contributed by atoms with Gasteiger partial charge in [-0.15, -0.1) is 0 Å². The molecule has 1 heterocycles. The molecular weight excluding hydrogens is 359 g/mol. The summed E-state index contributed by atoms with van der Waals surface area (Å²) in [5, 5.41) is 9.15. The minimum absolute atomic E-state index is 0.0923. The Bertz CT molecular complexity index is 624. The Labute approximate surface area is 123 Å². The number of carboxylic acids is 1. The van der Waals surface area contributed by atoms with Gasteiger partial charge in [0.2, 0.25) is 0 Å². The first-order chi connectivity index (χ1) is 8.95. The molecular formula is C13H11IN2O3. The van der Waals surface area contributed by atoms with Gasteiger partial charge in [-0.1, -0.05) is 0 Å². The fraction of sp³-hybridized carbons (Fsp3) is 0.154. The Kier molecular flexibility index (Phi) is 3.98. The quantitative estimate of drug-likeness (QED) is 0.841. The molecule has 5 nitrogen and oxygen atoms in total. The lowest BCUT2D eigenvalue weighted by Gasteiger charge is -2.08. The van der Waals surface area contributed by atoms with Crippen LogP contribution in [0.5, 0.6) is 11.8 Å². The van der Waals surface area contributed by atoms with Crippen molar-refractivity contribution in [2.45, 2.75) is 13.8 Å². The lowest BCUT2D eigenvalue weighted by Crippen LogP contribution is -2.03. The summed E-state index contributed by atoms with van der Waals surface area (Å²) in [6.07, 6.45) is 0. The van der Waals surface area contributed by atoms with Crippen LogP contribution in [0, 0.1) is 17.4 Å². The summed E-state index contributed by atoms with van der Waals surface area (Å²) in [5.41, 5.74) is 1.63. The first-order valence-electron chi connectivity index (χ1n) is 5.48. The van der Waals surface area contributed by atoms with Gasteiger partial charge < -0.3 is 9.84 Å². The minimum atomic E-state index is -1.04. The highest BCUT2D eigenvalue weighted by molar-refractivity contribution is 14.1. The van der Waals surface area contributed by atoms with Gasteiger partial charge in [0.05, 0.1) is 0 Å². The average molecular weight is 370 g/mol. The number of rotatable bonds is 3. The highest BCUT2D eigenvalue weighted by Crippen LogP contribution is 2.25. The molecule has 0 bridgehead atoms. The van der Waals surface area contributed by atoms with Crippen molar-refractivity contribution in [1.29, 1.82) is 0 Å². The monoisotopic (exact) mass is 370 g/mol. The van der Waals surface area contributed by atoms with Crippen LogP contribution in [-0.4, -0.2) is 21.0 Å². The number of halogens is 1. The molecule has 0 saturated heterocycles. The molecule has 1 N–H and O–H groups in total. The number of carboxylic acid groups (broad SMARTS) is 1. The van der Waals surface area contributed by atoms with Crippen molar-refractivity contribution in [2.24, 2.45) is 0 Å². The van der Waals surface area contributed by atoms with Crippen LogP contribution in [0.3, 0.4) is 0 Å². The minimum Gasteiger partial charge on any atom is -0.478 e. The molecule has 0 unspecified atom stereocenters. The molecule has 0 saturated carbocycles. The summed E-state index contributed by atoms with van der Waals surface area (Å²) in [4.78, 5) is 19.4. The molecule has 2 rings (SSSR count). The normalized spacial score (nSPS) is 10.3. The molecule has 0 amide bonds. The van der Waals surface area contributed by atoms with E-state index in [1.807, 2.05) is 42.5 Å². The molecule has 19 heavy (non-hydrogen) atoms. The Balaban J connectivity index is 2.40. The summed E-state index contributed by atoms with van der Waals surface area (Å²) in [7, 11) is 0. The van der Waals surface area contributed by atoms with Crippen LogP contribution in [0.1, 0.15) is 21.7 Å². The van der Waals surface area contributed by atoms with Gasteiger partial charge in [0, 0.05) is 15.0 Å². The van der Waals surface area contributed by atoms with E-state index < -0.39 is 5.97 Å². The Morgan fingerprint density at radius 3 is 2.42 bits per heavy atom. The zero-order valence-corrected chi connectivity index (χ0v) is 12.5. The van der Waals surface area contributed by atoms with Crippen molar-refractivity contribution in [3.63, 3.8) is 0 Å². The third-order valence-corrected chi connectivity index (χ3v) is 3.01. The van der Waals surface area contributed by atoms with E-state index in [1.54, 1.807) is 18.2 Å². The van der Waals surface area contributed by atoms with Crippen molar-refractivity contribution >= 4 is 28.6 Å². The molecule has 0 spiro atoms. The highest BCUT2D eigenvalue weighted by atomic mass is 127. The largest absolute Gasteiger partial charge is 0.478 e. The van der Waals surface area contributed by atoms with Crippen molar-refractivity contribution in [3.8, 4) is 11.8 Å². The van der Waals surface area contributed by atoms with Gasteiger partial charge in [-0.3, -0.25) is 0 Å². The van der Waals surface area contributed by atoms with Crippen LogP contribution >= 0.6 is 22.6 Å². The second-order valence-electron chi connectivity index (χ2n) is 3.98. The smallest absolute Gasteiger partial charge is 0.339 e. The number of hydrogen-bond donors (Lipinski definition) is 1. The van der Waals surface area contributed by atoms with Gasteiger partial charge in [-0.05, 0) is 60.7 Å². The number of benzene rings is 1. The van der Waals surface area contributed by atoms with Crippen LogP contribution in [-0.2, 0) is 0 Å². The number of aromatic nitrogens is 2. The third-order valence-electron chi connectivity index (χ3n) is 2.34. The lowest BCUT2D eigenvalue weighted by molar-refractivity contribution is 0.0694. The predicted octanol–water partition coefficient (Wildman–Crippen LogP) is 3.19. The number of nitrogens with zero attached hydrogens (tertiary/aromatic N) is 2. The van der Waals surface area contributed by atoms with Gasteiger partial charge in [0.15, 0.2) is 0 Å². The molecule has 0 atom stereocenters.